The molecule has 0 unspecified atom stereocenters. The van der Waals surface area contributed by atoms with Gasteiger partial charge >= 0.3 is 6.18 Å². The Bertz CT molecular complexity index is 890. The molecular formula is C19H19F3IN3O2. The molecule has 2 rings (SSSR count). The quantitative estimate of drug-likeness (QED) is 0.284. The number of methoxy groups -OCH3 is 2. The van der Waals surface area contributed by atoms with E-state index in [2.05, 4.69) is 22.2 Å². The number of ether oxygens (including phenoxy) is 2. The number of guanidine groups is 1. The molecule has 0 fully saturated rings. The summed E-state index contributed by atoms with van der Waals surface area (Å²) in [4.78, 5) is 4.02. The number of alkyl halides is 3. The minimum atomic E-state index is -4.40. The third kappa shape index (κ3) is 6.84. The Labute approximate surface area is 178 Å². The van der Waals surface area contributed by atoms with Crippen LogP contribution in [0.4, 0.5) is 18.9 Å². The molecule has 0 atom stereocenters. The van der Waals surface area contributed by atoms with Crippen molar-refractivity contribution in [2.45, 2.75) is 6.18 Å². The summed E-state index contributed by atoms with van der Waals surface area (Å²) in [7, 11) is 3.05. The molecule has 0 saturated carbocycles. The smallest absolute Gasteiger partial charge is 0.416 e. The fraction of sp³-hybridized carbons (Fsp3) is 0.211. The van der Waals surface area contributed by atoms with E-state index in [1.807, 2.05) is 0 Å². The largest absolute Gasteiger partial charge is 0.493 e. The predicted molar refractivity (Wildman–Crippen MR) is 113 cm³/mol. The molecule has 2 aromatic carbocycles. The van der Waals surface area contributed by atoms with Gasteiger partial charge in [0.05, 0.1) is 19.8 Å². The molecule has 0 spiro atoms. The molecule has 0 radical (unpaired) electrons. The molecule has 3 N–H and O–H groups in total. The zero-order chi connectivity index (χ0) is 19.9. The summed E-state index contributed by atoms with van der Waals surface area (Å²) in [6, 6.07) is 9.92. The molecule has 0 bridgehead atoms. The van der Waals surface area contributed by atoms with Crippen LogP contribution in [0.25, 0.3) is 0 Å². The number of aliphatic imine (C=N–C) groups is 1. The lowest BCUT2D eigenvalue weighted by atomic mass is 10.1. The van der Waals surface area contributed by atoms with E-state index in [4.69, 9.17) is 15.2 Å². The molecule has 0 aliphatic carbocycles. The van der Waals surface area contributed by atoms with Crippen molar-refractivity contribution in [1.82, 2.24) is 0 Å². The van der Waals surface area contributed by atoms with Gasteiger partial charge in [-0.1, -0.05) is 17.9 Å². The van der Waals surface area contributed by atoms with Crippen LogP contribution in [0, 0.1) is 11.8 Å². The lowest BCUT2D eigenvalue weighted by Crippen LogP contribution is -2.22. The molecule has 150 valence electrons. The van der Waals surface area contributed by atoms with Crippen LogP contribution in [0.3, 0.4) is 0 Å². The number of nitrogens with one attached hydrogen (secondary N) is 1. The number of halogens is 4. The van der Waals surface area contributed by atoms with Crippen molar-refractivity contribution in [2.24, 2.45) is 10.7 Å². The Hall–Kier alpha value is -2.61. The van der Waals surface area contributed by atoms with Crippen molar-refractivity contribution in [2.75, 3.05) is 26.1 Å². The zero-order valence-corrected chi connectivity index (χ0v) is 17.5. The minimum absolute atomic E-state index is 0. The maximum Gasteiger partial charge on any atom is 0.416 e. The highest BCUT2D eigenvalue weighted by Crippen LogP contribution is 2.30. The fourth-order valence-electron chi connectivity index (χ4n) is 2.14. The average molecular weight is 505 g/mol. The highest BCUT2D eigenvalue weighted by Gasteiger charge is 2.30. The van der Waals surface area contributed by atoms with Crippen LogP contribution in [-0.2, 0) is 6.18 Å². The van der Waals surface area contributed by atoms with Crippen molar-refractivity contribution in [3.8, 4) is 23.3 Å². The molecule has 28 heavy (non-hydrogen) atoms. The van der Waals surface area contributed by atoms with Gasteiger partial charge in [-0.15, -0.1) is 24.0 Å². The standard InChI is InChI=1S/C19H18F3N3O2.HI/c1-26-16-9-8-15(12-17(16)27-2)25-18(23)24-10-4-6-13-5-3-7-14(11-13)19(20,21)22;/h3,5,7-9,11-12H,10H2,1-2H3,(H3,23,24,25);1H. The van der Waals surface area contributed by atoms with Gasteiger partial charge in [-0.05, 0) is 30.3 Å². The summed E-state index contributed by atoms with van der Waals surface area (Å²) in [5.74, 6) is 6.51. The molecule has 0 heterocycles. The van der Waals surface area contributed by atoms with E-state index in [9.17, 15) is 13.2 Å². The zero-order valence-electron chi connectivity index (χ0n) is 15.1. The number of anilines is 1. The highest BCUT2D eigenvalue weighted by atomic mass is 127. The van der Waals surface area contributed by atoms with Gasteiger partial charge in [0.1, 0.15) is 6.54 Å². The first kappa shape index (κ1) is 23.4. The van der Waals surface area contributed by atoms with E-state index >= 15 is 0 Å². The third-order valence-corrected chi connectivity index (χ3v) is 3.41. The topological polar surface area (TPSA) is 68.9 Å². The van der Waals surface area contributed by atoms with E-state index < -0.39 is 11.7 Å². The van der Waals surface area contributed by atoms with Crippen LogP contribution in [0.5, 0.6) is 11.5 Å². The van der Waals surface area contributed by atoms with Crippen LogP contribution >= 0.6 is 24.0 Å². The molecule has 2 aromatic rings. The fourth-order valence-corrected chi connectivity index (χ4v) is 2.14. The third-order valence-electron chi connectivity index (χ3n) is 3.41. The summed E-state index contributed by atoms with van der Waals surface area (Å²) in [6.07, 6.45) is -4.40. The van der Waals surface area contributed by atoms with Crippen LogP contribution in [0.1, 0.15) is 11.1 Å². The monoisotopic (exact) mass is 505 g/mol. The van der Waals surface area contributed by atoms with Crippen molar-refractivity contribution in [1.29, 1.82) is 0 Å². The first-order chi connectivity index (χ1) is 12.8. The number of rotatable bonds is 4. The molecule has 0 saturated heterocycles. The summed E-state index contributed by atoms with van der Waals surface area (Å²) in [5.41, 5.74) is 5.93. The van der Waals surface area contributed by atoms with Gasteiger partial charge in [0.2, 0.25) is 0 Å². The molecule has 9 heteroatoms. The average Bonchev–Trinajstić information content (AvgIpc) is 2.64. The van der Waals surface area contributed by atoms with E-state index in [1.54, 1.807) is 18.2 Å². The van der Waals surface area contributed by atoms with E-state index in [-0.39, 0.29) is 42.0 Å². The number of nitrogens with two attached hydrogens (primary N) is 1. The lowest BCUT2D eigenvalue weighted by Gasteiger charge is -2.10. The van der Waals surface area contributed by atoms with Crippen molar-refractivity contribution in [3.05, 3.63) is 53.6 Å². The van der Waals surface area contributed by atoms with Crippen LogP contribution in [-0.4, -0.2) is 26.7 Å². The SMILES string of the molecule is COc1ccc(NC(N)=NCC#Cc2cccc(C(F)(F)F)c2)cc1OC.I. The van der Waals surface area contributed by atoms with E-state index in [1.165, 1.54) is 26.4 Å². The molecule has 0 aromatic heterocycles. The normalized spacial score (nSPS) is 11.0. The van der Waals surface area contributed by atoms with Gasteiger partial charge in [0, 0.05) is 17.3 Å². The molecule has 0 aliphatic heterocycles. The Morgan fingerprint density at radius 2 is 1.82 bits per heavy atom. The van der Waals surface area contributed by atoms with E-state index in [0.29, 0.717) is 17.2 Å². The number of hydrogen-bond donors (Lipinski definition) is 2. The Kier molecular flexibility index (Phi) is 8.91. The Morgan fingerprint density at radius 3 is 2.46 bits per heavy atom. The summed E-state index contributed by atoms with van der Waals surface area (Å²) >= 11 is 0. The predicted octanol–water partition coefficient (Wildman–Crippen LogP) is 4.12. The van der Waals surface area contributed by atoms with Crippen LogP contribution in [0.15, 0.2) is 47.5 Å². The Balaban J connectivity index is 0.00000392. The van der Waals surface area contributed by atoms with E-state index in [0.717, 1.165) is 12.1 Å². The number of benzene rings is 2. The van der Waals surface area contributed by atoms with Gasteiger partial charge in [-0.25, -0.2) is 4.99 Å². The van der Waals surface area contributed by atoms with Gasteiger partial charge in [-0.3, -0.25) is 0 Å². The summed E-state index contributed by atoms with van der Waals surface area (Å²) < 4.78 is 48.3. The van der Waals surface area contributed by atoms with Gasteiger partial charge in [-0.2, -0.15) is 13.2 Å². The van der Waals surface area contributed by atoms with Gasteiger partial charge in [0.15, 0.2) is 17.5 Å². The molecule has 0 aliphatic rings. The lowest BCUT2D eigenvalue weighted by molar-refractivity contribution is -0.137. The minimum Gasteiger partial charge on any atom is -0.493 e. The Morgan fingerprint density at radius 1 is 1.11 bits per heavy atom. The first-order valence-corrected chi connectivity index (χ1v) is 7.78. The second kappa shape index (κ2) is 10.7. The molecule has 5 nitrogen and oxygen atoms in total. The molecule has 0 amide bonds. The maximum atomic E-state index is 12.7. The van der Waals surface area contributed by atoms with Crippen molar-refractivity contribution < 1.29 is 22.6 Å². The number of hydrogen-bond acceptors (Lipinski definition) is 3. The van der Waals surface area contributed by atoms with Crippen molar-refractivity contribution in [3.63, 3.8) is 0 Å². The van der Waals surface area contributed by atoms with Gasteiger partial charge < -0.3 is 20.5 Å². The summed E-state index contributed by atoms with van der Waals surface area (Å²) in [6.45, 7) is 0.0301. The maximum absolute atomic E-state index is 12.7. The second-order valence-corrected chi connectivity index (χ2v) is 5.28. The summed E-state index contributed by atoms with van der Waals surface area (Å²) in [5, 5.41) is 2.87. The van der Waals surface area contributed by atoms with Crippen LogP contribution < -0.4 is 20.5 Å². The highest BCUT2D eigenvalue weighted by molar-refractivity contribution is 14.0. The van der Waals surface area contributed by atoms with Gasteiger partial charge in [0.25, 0.3) is 0 Å². The van der Waals surface area contributed by atoms with Crippen molar-refractivity contribution >= 4 is 35.6 Å². The van der Waals surface area contributed by atoms with Crippen LogP contribution in [0.2, 0.25) is 0 Å². The second-order valence-electron chi connectivity index (χ2n) is 5.28. The number of nitrogens with zero attached hydrogens (tertiary/aromatic N) is 1. The first-order valence-electron chi connectivity index (χ1n) is 7.78. The molecular weight excluding hydrogens is 486 g/mol.